The highest BCUT2D eigenvalue weighted by Crippen LogP contribution is 2.33. The van der Waals surface area contributed by atoms with Gasteiger partial charge in [-0.05, 0) is 35.2 Å². The third kappa shape index (κ3) is 3.30. The first-order valence-electron chi connectivity index (χ1n) is 9.27. The monoisotopic (exact) mass is 394 g/mol. The second-order valence-electron chi connectivity index (χ2n) is 6.96. The summed E-state index contributed by atoms with van der Waals surface area (Å²) in [7, 11) is 1.39. The number of carbonyl (C=O) groups is 1. The van der Waals surface area contributed by atoms with Gasteiger partial charge in [-0.2, -0.15) is 0 Å². The SMILES string of the molecule is COC(=O)Cn1c2c(c3cc(CO)ccc31)CCN(Cc1ccccc1)C2=S. The zero-order valence-corrected chi connectivity index (χ0v) is 16.5. The molecule has 6 heteroatoms. The third-order valence-electron chi connectivity index (χ3n) is 5.27. The molecule has 2 heterocycles. The normalized spacial score (nSPS) is 13.6. The van der Waals surface area contributed by atoms with E-state index in [0.29, 0.717) is 0 Å². The second kappa shape index (κ2) is 7.73. The zero-order valence-electron chi connectivity index (χ0n) is 15.7. The summed E-state index contributed by atoms with van der Waals surface area (Å²) in [6.45, 7) is 1.65. The molecule has 0 amide bonds. The van der Waals surface area contributed by atoms with Crippen LogP contribution in [0.4, 0.5) is 0 Å². The van der Waals surface area contributed by atoms with Gasteiger partial charge in [-0.25, -0.2) is 0 Å². The van der Waals surface area contributed by atoms with Crippen molar-refractivity contribution in [2.24, 2.45) is 0 Å². The lowest BCUT2D eigenvalue weighted by Crippen LogP contribution is -2.37. The predicted molar refractivity (Wildman–Crippen MR) is 112 cm³/mol. The summed E-state index contributed by atoms with van der Waals surface area (Å²) >= 11 is 5.86. The number of rotatable bonds is 5. The Morgan fingerprint density at radius 2 is 1.96 bits per heavy atom. The van der Waals surface area contributed by atoms with Gasteiger partial charge in [0.15, 0.2) is 0 Å². The molecule has 1 N–H and O–H groups in total. The Bertz CT molecular complexity index is 1040. The van der Waals surface area contributed by atoms with Gasteiger partial charge in [0.05, 0.1) is 19.4 Å². The minimum atomic E-state index is -0.311. The quantitative estimate of drug-likeness (QED) is 0.533. The van der Waals surface area contributed by atoms with Crippen LogP contribution in [0.5, 0.6) is 0 Å². The van der Waals surface area contributed by atoms with Gasteiger partial charge >= 0.3 is 5.97 Å². The van der Waals surface area contributed by atoms with Crippen molar-refractivity contribution >= 4 is 34.1 Å². The topological polar surface area (TPSA) is 54.7 Å². The number of aliphatic hydroxyl groups excluding tert-OH is 1. The largest absolute Gasteiger partial charge is 0.468 e. The molecule has 1 aliphatic heterocycles. The van der Waals surface area contributed by atoms with E-state index in [9.17, 15) is 9.90 Å². The molecule has 0 bridgehead atoms. The summed E-state index contributed by atoms with van der Waals surface area (Å²) in [5.74, 6) is -0.311. The number of ether oxygens (including phenoxy) is 1. The van der Waals surface area contributed by atoms with Crippen molar-refractivity contribution < 1.29 is 14.6 Å². The average Bonchev–Trinajstić information content (AvgIpc) is 3.04. The van der Waals surface area contributed by atoms with Crippen LogP contribution in [0.25, 0.3) is 10.9 Å². The molecule has 2 aromatic carbocycles. The molecule has 144 valence electrons. The van der Waals surface area contributed by atoms with Crippen molar-refractivity contribution in [3.05, 3.63) is 70.9 Å². The van der Waals surface area contributed by atoms with Crippen LogP contribution in [0, 0.1) is 0 Å². The fourth-order valence-electron chi connectivity index (χ4n) is 3.88. The molecule has 0 aliphatic carbocycles. The van der Waals surface area contributed by atoms with Crippen molar-refractivity contribution in [2.45, 2.75) is 26.1 Å². The van der Waals surface area contributed by atoms with Crippen molar-refractivity contribution in [3.8, 4) is 0 Å². The molecule has 0 unspecified atom stereocenters. The van der Waals surface area contributed by atoms with Gasteiger partial charge in [-0.15, -0.1) is 0 Å². The zero-order chi connectivity index (χ0) is 19.7. The average molecular weight is 394 g/mol. The minimum absolute atomic E-state index is 0.0164. The first-order chi connectivity index (χ1) is 13.6. The van der Waals surface area contributed by atoms with Crippen molar-refractivity contribution in [2.75, 3.05) is 13.7 Å². The van der Waals surface area contributed by atoms with E-state index in [2.05, 4.69) is 17.0 Å². The molecular weight excluding hydrogens is 372 g/mol. The molecule has 1 aliphatic rings. The molecule has 0 spiro atoms. The van der Waals surface area contributed by atoms with Crippen LogP contribution < -0.4 is 0 Å². The lowest BCUT2D eigenvalue weighted by molar-refractivity contribution is -0.141. The van der Waals surface area contributed by atoms with Crippen LogP contribution in [-0.4, -0.2) is 39.2 Å². The van der Waals surface area contributed by atoms with Crippen LogP contribution in [-0.2, 0) is 35.6 Å². The second-order valence-corrected chi connectivity index (χ2v) is 7.35. The van der Waals surface area contributed by atoms with Crippen LogP contribution in [0.2, 0.25) is 0 Å². The summed E-state index contributed by atoms with van der Waals surface area (Å²) in [5, 5.41) is 10.6. The van der Waals surface area contributed by atoms with Crippen LogP contribution in [0.1, 0.15) is 22.4 Å². The number of nitrogens with zero attached hydrogens (tertiary/aromatic N) is 2. The van der Waals surface area contributed by atoms with E-state index in [1.807, 2.05) is 41.0 Å². The number of hydrogen-bond acceptors (Lipinski definition) is 4. The van der Waals surface area contributed by atoms with Crippen molar-refractivity contribution in [1.29, 1.82) is 0 Å². The number of benzene rings is 2. The molecule has 0 atom stereocenters. The standard InChI is InChI=1S/C22H22N2O3S/c1-27-20(26)13-24-19-8-7-16(14-25)11-18(19)17-9-10-23(22(28)21(17)24)12-15-5-3-2-4-6-15/h2-8,11,25H,9-10,12-14H2,1H3. The van der Waals surface area contributed by atoms with E-state index in [-0.39, 0.29) is 19.1 Å². The summed E-state index contributed by atoms with van der Waals surface area (Å²) in [6.07, 6.45) is 0.835. The molecule has 0 fully saturated rings. The van der Waals surface area contributed by atoms with Gasteiger partial charge in [-0.3, -0.25) is 4.79 Å². The van der Waals surface area contributed by atoms with Crippen molar-refractivity contribution in [3.63, 3.8) is 0 Å². The number of thiocarbonyl (C=S) groups is 1. The summed E-state index contributed by atoms with van der Waals surface area (Å²) in [4.78, 5) is 15.0. The van der Waals surface area contributed by atoms with E-state index in [1.165, 1.54) is 12.7 Å². The molecular formula is C22H22N2O3S. The molecule has 28 heavy (non-hydrogen) atoms. The lowest BCUT2D eigenvalue weighted by Gasteiger charge is -2.31. The third-order valence-corrected chi connectivity index (χ3v) is 5.72. The number of hydrogen-bond donors (Lipinski definition) is 1. The minimum Gasteiger partial charge on any atom is -0.468 e. The smallest absolute Gasteiger partial charge is 0.325 e. The Morgan fingerprint density at radius 3 is 2.68 bits per heavy atom. The van der Waals surface area contributed by atoms with Crippen molar-refractivity contribution in [1.82, 2.24) is 9.47 Å². The van der Waals surface area contributed by atoms with Crippen LogP contribution in [0.3, 0.4) is 0 Å². The molecule has 0 saturated heterocycles. The first kappa shape index (κ1) is 18.7. The van der Waals surface area contributed by atoms with Gasteiger partial charge in [0, 0.05) is 24.0 Å². The van der Waals surface area contributed by atoms with Crippen LogP contribution >= 0.6 is 12.2 Å². The predicted octanol–water partition coefficient (Wildman–Crippen LogP) is 3.04. The van der Waals surface area contributed by atoms with Gasteiger partial charge in [0.2, 0.25) is 0 Å². The number of fused-ring (bicyclic) bond motifs is 3. The maximum Gasteiger partial charge on any atom is 0.325 e. The lowest BCUT2D eigenvalue weighted by atomic mass is 10.0. The number of carbonyl (C=O) groups excluding carboxylic acids is 1. The molecule has 5 nitrogen and oxygen atoms in total. The van der Waals surface area contributed by atoms with E-state index < -0.39 is 0 Å². The fourth-order valence-corrected chi connectivity index (χ4v) is 4.27. The molecule has 1 aromatic heterocycles. The molecule has 0 radical (unpaired) electrons. The Hall–Kier alpha value is -2.70. The van der Waals surface area contributed by atoms with Gasteiger partial charge < -0.3 is 19.3 Å². The highest BCUT2D eigenvalue weighted by molar-refractivity contribution is 7.80. The van der Waals surface area contributed by atoms with Crippen LogP contribution in [0.15, 0.2) is 48.5 Å². The van der Waals surface area contributed by atoms with E-state index in [0.717, 1.165) is 52.2 Å². The number of aromatic nitrogens is 1. The maximum absolute atomic E-state index is 12.1. The first-order valence-corrected chi connectivity index (χ1v) is 9.68. The number of esters is 1. The number of aliphatic hydroxyl groups is 1. The highest BCUT2D eigenvalue weighted by Gasteiger charge is 2.29. The van der Waals surface area contributed by atoms with E-state index in [1.54, 1.807) is 0 Å². The Labute approximate surface area is 169 Å². The van der Waals surface area contributed by atoms with Gasteiger partial charge in [0.25, 0.3) is 0 Å². The maximum atomic E-state index is 12.1. The summed E-state index contributed by atoms with van der Waals surface area (Å²) < 4.78 is 6.86. The summed E-state index contributed by atoms with van der Waals surface area (Å²) in [5.41, 5.74) is 5.04. The fraction of sp³-hybridized carbons (Fsp3) is 0.273. The Morgan fingerprint density at radius 1 is 1.18 bits per heavy atom. The molecule has 4 rings (SSSR count). The van der Waals surface area contributed by atoms with E-state index in [4.69, 9.17) is 17.0 Å². The summed E-state index contributed by atoms with van der Waals surface area (Å²) in [6, 6.07) is 16.1. The molecule has 3 aromatic rings. The molecule has 0 saturated carbocycles. The highest BCUT2D eigenvalue weighted by atomic mass is 32.1. The Kier molecular flexibility index (Phi) is 5.15. The Balaban J connectivity index is 1.80. The van der Waals surface area contributed by atoms with Gasteiger partial charge in [0.1, 0.15) is 11.5 Å². The van der Waals surface area contributed by atoms with Gasteiger partial charge in [-0.1, -0.05) is 48.6 Å². The van der Waals surface area contributed by atoms with E-state index >= 15 is 0 Å². The number of methoxy groups -OCH3 is 1.